The number of methoxy groups -OCH3 is 1. The van der Waals surface area contributed by atoms with Crippen LogP contribution in [-0.2, 0) is 26.2 Å². The first-order valence-corrected chi connectivity index (χ1v) is 14.9. The van der Waals surface area contributed by atoms with E-state index in [1.54, 1.807) is 67.6 Å². The lowest BCUT2D eigenvalue weighted by Crippen LogP contribution is -2.51. The summed E-state index contributed by atoms with van der Waals surface area (Å²) in [6.45, 7) is 5.54. The first-order chi connectivity index (χ1) is 19.1. The number of aryl methyl sites for hydroxylation is 1. The van der Waals surface area contributed by atoms with E-state index in [0.717, 1.165) is 28.3 Å². The van der Waals surface area contributed by atoms with Crippen molar-refractivity contribution in [2.75, 3.05) is 24.5 Å². The van der Waals surface area contributed by atoms with E-state index in [4.69, 9.17) is 16.3 Å². The van der Waals surface area contributed by atoms with E-state index in [9.17, 15) is 18.0 Å². The first-order valence-electron chi connectivity index (χ1n) is 13.1. The van der Waals surface area contributed by atoms with Crippen LogP contribution in [0.3, 0.4) is 0 Å². The monoisotopic (exact) mass is 585 g/mol. The van der Waals surface area contributed by atoms with Crippen LogP contribution in [0.4, 0.5) is 5.69 Å². The fourth-order valence-electron chi connectivity index (χ4n) is 4.09. The van der Waals surface area contributed by atoms with E-state index in [2.05, 4.69) is 5.32 Å². The van der Waals surface area contributed by atoms with Gasteiger partial charge in [-0.15, -0.1) is 0 Å². The molecule has 3 aromatic rings. The molecule has 3 rings (SSSR count). The Morgan fingerprint density at radius 1 is 1.00 bits per heavy atom. The summed E-state index contributed by atoms with van der Waals surface area (Å²) in [6, 6.07) is 19.1. The number of carbonyl (C=O) groups excluding carboxylic acids is 2. The quantitative estimate of drug-likeness (QED) is 0.279. The van der Waals surface area contributed by atoms with Gasteiger partial charge in [-0.2, -0.15) is 0 Å². The number of hydrogen-bond acceptors (Lipinski definition) is 5. The summed E-state index contributed by atoms with van der Waals surface area (Å²) in [5, 5.41) is 3.41. The lowest BCUT2D eigenvalue weighted by Gasteiger charge is -2.32. The van der Waals surface area contributed by atoms with Gasteiger partial charge in [0, 0.05) is 18.1 Å². The molecule has 0 aromatic heterocycles. The lowest BCUT2D eigenvalue weighted by molar-refractivity contribution is -0.139. The third-order valence-electron chi connectivity index (χ3n) is 6.50. The number of ether oxygens (including phenoxy) is 1. The minimum Gasteiger partial charge on any atom is -0.495 e. The maximum Gasteiger partial charge on any atom is 0.264 e. The SMILES string of the molecule is CCCCNC(=O)[C@@H](C)N(Cc1ccc(Cl)cc1)C(=O)CN(c1ccccc1OC)S(=O)(=O)c1ccc(C)cc1. The van der Waals surface area contributed by atoms with Crippen molar-refractivity contribution in [2.45, 2.75) is 51.1 Å². The van der Waals surface area contributed by atoms with Crippen LogP contribution in [0.5, 0.6) is 5.75 Å². The second kappa shape index (κ2) is 14.2. The average Bonchev–Trinajstić information content (AvgIpc) is 2.95. The minimum absolute atomic E-state index is 0.0337. The van der Waals surface area contributed by atoms with Crippen LogP contribution in [0.25, 0.3) is 0 Å². The fraction of sp³-hybridized carbons (Fsp3) is 0.333. The van der Waals surface area contributed by atoms with Crippen LogP contribution < -0.4 is 14.4 Å². The summed E-state index contributed by atoms with van der Waals surface area (Å²) in [4.78, 5) is 28.4. The molecular weight excluding hydrogens is 550 g/mol. The zero-order valence-corrected chi connectivity index (χ0v) is 24.8. The molecule has 0 aliphatic rings. The minimum atomic E-state index is -4.19. The zero-order valence-electron chi connectivity index (χ0n) is 23.3. The molecule has 0 radical (unpaired) electrons. The van der Waals surface area contributed by atoms with Crippen molar-refractivity contribution in [1.82, 2.24) is 10.2 Å². The van der Waals surface area contributed by atoms with Crippen LogP contribution in [0, 0.1) is 6.92 Å². The van der Waals surface area contributed by atoms with Crippen LogP contribution >= 0.6 is 11.6 Å². The third kappa shape index (κ3) is 7.76. The number of rotatable bonds is 13. The van der Waals surface area contributed by atoms with E-state index in [-0.39, 0.29) is 23.0 Å². The van der Waals surface area contributed by atoms with Gasteiger partial charge in [-0.3, -0.25) is 13.9 Å². The maximum atomic E-state index is 14.0. The van der Waals surface area contributed by atoms with E-state index in [1.807, 2.05) is 13.8 Å². The molecule has 10 heteroatoms. The molecule has 0 spiro atoms. The Morgan fingerprint density at radius 3 is 2.27 bits per heavy atom. The molecular formula is C30H36ClN3O5S. The van der Waals surface area contributed by atoms with Gasteiger partial charge in [0.05, 0.1) is 17.7 Å². The molecule has 1 N–H and O–H groups in total. The molecule has 0 fully saturated rings. The molecule has 3 aromatic carbocycles. The van der Waals surface area contributed by atoms with Crippen molar-refractivity contribution in [2.24, 2.45) is 0 Å². The maximum absolute atomic E-state index is 14.0. The Kier molecular flexibility index (Phi) is 11.0. The Morgan fingerprint density at radius 2 is 1.65 bits per heavy atom. The topological polar surface area (TPSA) is 96.0 Å². The molecule has 0 aliphatic carbocycles. The summed E-state index contributed by atoms with van der Waals surface area (Å²) >= 11 is 6.05. The van der Waals surface area contributed by atoms with E-state index in [0.29, 0.717) is 17.3 Å². The smallest absolute Gasteiger partial charge is 0.264 e. The Balaban J connectivity index is 2.03. The number of amides is 2. The summed E-state index contributed by atoms with van der Waals surface area (Å²) in [5.74, 6) is -0.573. The molecule has 214 valence electrons. The number of nitrogens with zero attached hydrogens (tertiary/aromatic N) is 2. The van der Waals surface area contributed by atoms with Gasteiger partial charge < -0.3 is 15.0 Å². The first kappa shape index (κ1) is 31.0. The zero-order chi connectivity index (χ0) is 29.3. The molecule has 0 heterocycles. The Hall–Kier alpha value is -3.56. The fourth-order valence-corrected chi connectivity index (χ4v) is 5.64. The summed E-state index contributed by atoms with van der Waals surface area (Å²) in [7, 11) is -2.75. The second-order valence-corrected chi connectivity index (χ2v) is 11.8. The van der Waals surface area contributed by atoms with Crippen LogP contribution in [-0.4, -0.2) is 51.4 Å². The highest BCUT2D eigenvalue weighted by Crippen LogP contribution is 2.32. The van der Waals surface area contributed by atoms with Gasteiger partial charge in [-0.05, 0) is 62.2 Å². The van der Waals surface area contributed by atoms with Gasteiger partial charge in [0.15, 0.2) is 0 Å². The number of anilines is 1. The van der Waals surface area contributed by atoms with E-state index < -0.39 is 28.5 Å². The molecule has 0 aliphatic heterocycles. The van der Waals surface area contributed by atoms with Crippen molar-refractivity contribution in [3.05, 3.63) is 88.9 Å². The van der Waals surface area contributed by atoms with Crippen molar-refractivity contribution in [3.63, 3.8) is 0 Å². The summed E-state index contributed by atoms with van der Waals surface area (Å²) < 4.78 is 34.4. The van der Waals surface area contributed by atoms with Gasteiger partial charge in [-0.1, -0.05) is 66.9 Å². The molecule has 1 atom stereocenters. The number of sulfonamides is 1. The number of halogens is 1. The molecule has 0 unspecified atom stereocenters. The number of carbonyl (C=O) groups is 2. The molecule has 0 bridgehead atoms. The predicted octanol–water partition coefficient (Wildman–Crippen LogP) is 5.19. The Labute approximate surface area is 241 Å². The molecule has 40 heavy (non-hydrogen) atoms. The standard InChI is InChI=1S/C30H36ClN3O5S/c1-5-6-19-32-30(36)23(3)33(20-24-13-15-25(31)16-14-24)29(35)21-34(27-9-7-8-10-28(27)39-4)40(37,38)26-17-11-22(2)12-18-26/h7-18,23H,5-6,19-21H2,1-4H3,(H,32,36)/t23-/m1/s1. The highest BCUT2D eigenvalue weighted by Gasteiger charge is 2.33. The van der Waals surface area contributed by atoms with Crippen LogP contribution in [0.2, 0.25) is 5.02 Å². The van der Waals surface area contributed by atoms with Gasteiger partial charge in [-0.25, -0.2) is 8.42 Å². The summed E-state index contributed by atoms with van der Waals surface area (Å²) in [5.41, 5.74) is 1.86. The number of unbranched alkanes of at least 4 members (excludes halogenated alkanes) is 1. The molecule has 8 nitrogen and oxygen atoms in total. The Bertz CT molecular complexity index is 1400. The van der Waals surface area contributed by atoms with Gasteiger partial charge in [0.2, 0.25) is 11.8 Å². The van der Waals surface area contributed by atoms with Crippen LogP contribution in [0.1, 0.15) is 37.8 Å². The highest BCUT2D eigenvalue weighted by molar-refractivity contribution is 7.92. The van der Waals surface area contributed by atoms with Crippen molar-refractivity contribution in [1.29, 1.82) is 0 Å². The average molecular weight is 586 g/mol. The lowest BCUT2D eigenvalue weighted by atomic mass is 10.1. The normalized spacial score (nSPS) is 11.9. The van der Waals surface area contributed by atoms with E-state index in [1.165, 1.54) is 24.1 Å². The number of para-hydroxylation sites is 2. The second-order valence-electron chi connectivity index (χ2n) is 9.47. The van der Waals surface area contributed by atoms with Crippen LogP contribution in [0.15, 0.2) is 77.7 Å². The number of hydrogen-bond donors (Lipinski definition) is 1. The van der Waals surface area contributed by atoms with Gasteiger partial charge in [0.1, 0.15) is 18.3 Å². The number of nitrogens with one attached hydrogen (secondary N) is 1. The number of benzene rings is 3. The molecule has 0 saturated carbocycles. The molecule has 2 amide bonds. The van der Waals surface area contributed by atoms with Crippen molar-refractivity contribution in [3.8, 4) is 5.75 Å². The third-order valence-corrected chi connectivity index (χ3v) is 8.53. The van der Waals surface area contributed by atoms with Gasteiger partial charge >= 0.3 is 0 Å². The van der Waals surface area contributed by atoms with Gasteiger partial charge in [0.25, 0.3) is 10.0 Å². The molecule has 0 saturated heterocycles. The van der Waals surface area contributed by atoms with Crippen molar-refractivity contribution < 1.29 is 22.7 Å². The largest absolute Gasteiger partial charge is 0.495 e. The van der Waals surface area contributed by atoms with Crippen molar-refractivity contribution >= 4 is 39.1 Å². The van der Waals surface area contributed by atoms with E-state index >= 15 is 0 Å². The highest BCUT2D eigenvalue weighted by atomic mass is 35.5. The predicted molar refractivity (Wildman–Crippen MR) is 158 cm³/mol. The summed E-state index contributed by atoms with van der Waals surface area (Å²) in [6.07, 6.45) is 1.72.